The third-order valence-electron chi connectivity index (χ3n) is 2.47. The normalized spacial score (nSPS) is 10.2. The molecule has 0 spiro atoms. The number of carbonyl (C=O) groups excluding carboxylic acids is 1. The maximum absolute atomic E-state index is 10.3. The van der Waals surface area contributed by atoms with Gasteiger partial charge >= 0.3 is 0 Å². The van der Waals surface area contributed by atoms with Gasteiger partial charge in [0.1, 0.15) is 0 Å². The van der Waals surface area contributed by atoms with E-state index in [1.54, 1.807) is 17.8 Å². The fraction of sp³-hybridized carbons (Fsp3) is 0.0714. The number of hydrogen-bond acceptors (Lipinski definition) is 2. The Hall–Kier alpha value is -1.16. The Balaban J connectivity index is 1.97. The fourth-order valence-electron chi connectivity index (χ4n) is 1.51. The molecule has 19 heavy (non-hydrogen) atoms. The number of halogens is 2. The van der Waals surface area contributed by atoms with Crippen LogP contribution in [0, 0.1) is 0 Å². The van der Waals surface area contributed by atoms with Gasteiger partial charge in [-0.15, -0.1) is 11.8 Å². The molecule has 1 N–H and O–H groups in total. The SMILES string of the molecule is O=CNc1ccc(SCc2ccc(Cl)c(Cl)c2)cc1. The molecule has 0 aromatic heterocycles. The van der Waals surface area contributed by atoms with Crippen molar-refractivity contribution in [3.8, 4) is 0 Å². The third kappa shape index (κ3) is 4.16. The average molecular weight is 312 g/mol. The second-order valence-corrected chi connectivity index (χ2v) is 5.69. The van der Waals surface area contributed by atoms with E-state index in [9.17, 15) is 4.79 Å². The van der Waals surface area contributed by atoms with Crippen molar-refractivity contribution in [3.63, 3.8) is 0 Å². The standard InChI is InChI=1S/C14H11Cl2NOS/c15-13-6-1-10(7-14(13)16)8-19-12-4-2-11(3-5-12)17-9-18/h1-7,9H,8H2,(H,17,18). The molecule has 0 fully saturated rings. The van der Waals surface area contributed by atoms with Crippen LogP contribution in [-0.2, 0) is 10.5 Å². The van der Waals surface area contributed by atoms with Crippen molar-refractivity contribution in [2.75, 3.05) is 5.32 Å². The first kappa shape index (κ1) is 14.3. The van der Waals surface area contributed by atoms with E-state index in [0.717, 1.165) is 21.9 Å². The van der Waals surface area contributed by atoms with E-state index in [0.29, 0.717) is 16.5 Å². The van der Waals surface area contributed by atoms with Crippen LogP contribution in [0.1, 0.15) is 5.56 Å². The second kappa shape index (κ2) is 6.85. The van der Waals surface area contributed by atoms with Crippen molar-refractivity contribution < 1.29 is 4.79 Å². The minimum absolute atomic E-state index is 0.569. The van der Waals surface area contributed by atoms with Gasteiger partial charge in [-0.2, -0.15) is 0 Å². The average Bonchev–Trinajstić information content (AvgIpc) is 2.42. The summed E-state index contributed by atoms with van der Waals surface area (Å²) in [6.45, 7) is 0. The summed E-state index contributed by atoms with van der Waals surface area (Å²) in [6, 6.07) is 13.3. The summed E-state index contributed by atoms with van der Waals surface area (Å²) in [4.78, 5) is 11.4. The van der Waals surface area contributed by atoms with E-state index in [4.69, 9.17) is 23.2 Å². The Bertz CT molecular complexity index is 572. The van der Waals surface area contributed by atoms with Crippen molar-refractivity contribution in [2.24, 2.45) is 0 Å². The Labute approximate surface area is 126 Å². The van der Waals surface area contributed by atoms with E-state index < -0.39 is 0 Å². The maximum atomic E-state index is 10.3. The Morgan fingerprint density at radius 2 is 1.79 bits per heavy atom. The van der Waals surface area contributed by atoms with Crippen LogP contribution in [0.3, 0.4) is 0 Å². The molecule has 2 aromatic rings. The lowest BCUT2D eigenvalue weighted by molar-refractivity contribution is -0.105. The number of anilines is 1. The van der Waals surface area contributed by atoms with Crippen LogP contribution in [-0.4, -0.2) is 6.41 Å². The Morgan fingerprint density at radius 1 is 1.05 bits per heavy atom. The summed E-state index contributed by atoms with van der Waals surface area (Å²) in [6.07, 6.45) is 0.665. The van der Waals surface area contributed by atoms with E-state index in [2.05, 4.69) is 5.32 Å². The van der Waals surface area contributed by atoms with Crippen molar-refractivity contribution in [1.29, 1.82) is 0 Å². The van der Waals surface area contributed by atoms with Crippen LogP contribution in [0.5, 0.6) is 0 Å². The summed E-state index contributed by atoms with van der Waals surface area (Å²) in [7, 11) is 0. The number of amides is 1. The topological polar surface area (TPSA) is 29.1 Å². The highest BCUT2D eigenvalue weighted by Crippen LogP contribution is 2.28. The van der Waals surface area contributed by atoms with Gasteiger partial charge in [-0.3, -0.25) is 4.79 Å². The lowest BCUT2D eigenvalue weighted by atomic mass is 10.2. The number of carbonyl (C=O) groups is 1. The molecule has 98 valence electrons. The van der Waals surface area contributed by atoms with Crippen LogP contribution in [0.25, 0.3) is 0 Å². The molecule has 0 bridgehead atoms. The summed E-state index contributed by atoms with van der Waals surface area (Å²) in [5.74, 6) is 0.817. The highest BCUT2D eigenvalue weighted by atomic mass is 35.5. The number of hydrogen-bond donors (Lipinski definition) is 1. The molecule has 0 radical (unpaired) electrons. The highest BCUT2D eigenvalue weighted by molar-refractivity contribution is 7.98. The molecule has 1 amide bonds. The van der Waals surface area contributed by atoms with Crippen molar-refractivity contribution in [2.45, 2.75) is 10.6 Å². The Kier molecular flexibility index (Phi) is 5.14. The second-order valence-electron chi connectivity index (χ2n) is 3.82. The predicted octanol–water partition coefficient (Wildman–Crippen LogP) is 4.85. The van der Waals surface area contributed by atoms with Crippen LogP contribution in [0.2, 0.25) is 10.0 Å². The molecule has 2 aromatic carbocycles. The van der Waals surface area contributed by atoms with Crippen LogP contribution in [0.15, 0.2) is 47.4 Å². The molecule has 0 saturated carbocycles. The molecule has 5 heteroatoms. The molecule has 0 atom stereocenters. The van der Waals surface area contributed by atoms with E-state index >= 15 is 0 Å². The first-order chi connectivity index (χ1) is 9.19. The highest BCUT2D eigenvalue weighted by Gasteiger charge is 2.01. The molecule has 2 rings (SSSR count). The lowest BCUT2D eigenvalue weighted by Crippen LogP contribution is -1.92. The number of benzene rings is 2. The van der Waals surface area contributed by atoms with Gasteiger partial charge in [-0.25, -0.2) is 0 Å². The van der Waals surface area contributed by atoms with Gasteiger partial charge in [-0.05, 0) is 42.0 Å². The minimum Gasteiger partial charge on any atom is -0.329 e. The van der Waals surface area contributed by atoms with Gasteiger partial charge in [-0.1, -0.05) is 29.3 Å². The van der Waals surface area contributed by atoms with Gasteiger partial charge in [0.25, 0.3) is 0 Å². The van der Waals surface area contributed by atoms with Crippen molar-refractivity contribution in [3.05, 3.63) is 58.1 Å². The predicted molar refractivity (Wildman–Crippen MR) is 82.2 cm³/mol. The van der Waals surface area contributed by atoms with Gasteiger partial charge in [0.05, 0.1) is 10.0 Å². The molecule has 0 saturated heterocycles. The van der Waals surface area contributed by atoms with Crippen LogP contribution >= 0.6 is 35.0 Å². The fourth-order valence-corrected chi connectivity index (χ4v) is 2.67. The zero-order valence-corrected chi connectivity index (χ0v) is 12.2. The van der Waals surface area contributed by atoms with Crippen LogP contribution in [0.4, 0.5) is 5.69 Å². The van der Waals surface area contributed by atoms with E-state index in [-0.39, 0.29) is 0 Å². The molecule has 0 aliphatic carbocycles. The summed E-state index contributed by atoms with van der Waals surface area (Å²) in [5, 5.41) is 3.74. The lowest BCUT2D eigenvalue weighted by Gasteiger charge is -2.05. The minimum atomic E-state index is 0.569. The zero-order valence-electron chi connectivity index (χ0n) is 9.90. The van der Waals surface area contributed by atoms with Gasteiger partial charge in [0.15, 0.2) is 0 Å². The number of rotatable bonds is 5. The van der Waals surface area contributed by atoms with Crippen LogP contribution < -0.4 is 5.32 Å². The quantitative estimate of drug-likeness (QED) is 0.631. The van der Waals surface area contributed by atoms with E-state index in [1.807, 2.05) is 36.4 Å². The van der Waals surface area contributed by atoms with E-state index in [1.165, 1.54) is 0 Å². The van der Waals surface area contributed by atoms with Crippen molar-refractivity contribution >= 4 is 47.1 Å². The largest absolute Gasteiger partial charge is 0.329 e. The number of thioether (sulfide) groups is 1. The molecular weight excluding hydrogens is 301 g/mol. The Morgan fingerprint density at radius 3 is 2.42 bits per heavy atom. The third-order valence-corrected chi connectivity index (χ3v) is 4.29. The monoisotopic (exact) mass is 311 g/mol. The van der Waals surface area contributed by atoms with Gasteiger partial charge in [0, 0.05) is 16.3 Å². The van der Waals surface area contributed by atoms with Crippen molar-refractivity contribution in [1.82, 2.24) is 0 Å². The summed E-state index contributed by atoms with van der Waals surface area (Å²) >= 11 is 13.5. The maximum Gasteiger partial charge on any atom is 0.211 e. The summed E-state index contributed by atoms with van der Waals surface area (Å²) in [5.41, 5.74) is 1.91. The van der Waals surface area contributed by atoms with Gasteiger partial charge < -0.3 is 5.32 Å². The molecule has 2 nitrogen and oxygen atoms in total. The zero-order chi connectivity index (χ0) is 13.7. The molecule has 0 aliphatic rings. The molecule has 0 aliphatic heterocycles. The first-order valence-corrected chi connectivity index (χ1v) is 7.30. The first-order valence-electron chi connectivity index (χ1n) is 5.56. The molecule has 0 heterocycles. The van der Waals surface area contributed by atoms with Gasteiger partial charge in [0.2, 0.25) is 6.41 Å². The molecule has 0 unspecified atom stereocenters. The smallest absolute Gasteiger partial charge is 0.211 e. The molecular formula is C14H11Cl2NOS. The number of nitrogens with one attached hydrogen (secondary N) is 1. The summed E-state index contributed by atoms with van der Waals surface area (Å²) < 4.78 is 0.